The third-order valence-electron chi connectivity index (χ3n) is 12.2. The predicted molar refractivity (Wildman–Crippen MR) is 207 cm³/mol. The number of aromatic hydroxyl groups is 1. The van der Waals surface area contributed by atoms with Gasteiger partial charge in [0.15, 0.2) is 0 Å². The van der Waals surface area contributed by atoms with E-state index in [4.69, 9.17) is 0 Å². The predicted octanol–water partition coefficient (Wildman–Crippen LogP) is 4.59. The largest absolute Gasteiger partial charge is 0.508 e. The fourth-order valence-electron chi connectivity index (χ4n) is 9.26. The Morgan fingerprint density at radius 1 is 0.630 bits per heavy atom. The van der Waals surface area contributed by atoms with Crippen LogP contribution in [0, 0.1) is 5.92 Å². The van der Waals surface area contributed by atoms with E-state index in [-0.39, 0.29) is 35.8 Å². The Balaban J connectivity index is 1.13. The molecule has 1 saturated carbocycles. The molecule has 4 amide bonds. The van der Waals surface area contributed by atoms with Crippen molar-refractivity contribution in [2.24, 2.45) is 5.92 Å². The van der Waals surface area contributed by atoms with Crippen molar-refractivity contribution in [2.45, 2.75) is 94.8 Å². The molecule has 54 heavy (non-hydrogen) atoms. The van der Waals surface area contributed by atoms with Crippen molar-refractivity contribution in [3.05, 3.63) is 102 Å². The first-order valence-corrected chi connectivity index (χ1v) is 20.1. The summed E-state index contributed by atoms with van der Waals surface area (Å²) in [6.45, 7) is 3.25. The number of hydrogen-bond acceptors (Lipinski definition) is 6. The van der Waals surface area contributed by atoms with Crippen molar-refractivity contribution in [2.75, 3.05) is 39.3 Å². The molecular weight excluding hydrogens is 679 g/mol. The summed E-state index contributed by atoms with van der Waals surface area (Å²) >= 11 is 0. The minimum absolute atomic E-state index is 0.00267. The maximum Gasteiger partial charge on any atom is 0.312 e. The molecule has 3 saturated heterocycles. The molecule has 3 heterocycles. The summed E-state index contributed by atoms with van der Waals surface area (Å²) in [5.41, 5.74) is 3.24. The summed E-state index contributed by atoms with van der Waals surface area (Å²) in [5, 5.41) is 12.6. The molecule has 1 aliphatic carbocycles. The second-order valence-electron chi connectivity index (χ2n) is 15.9. The van der Waals surface area contributed by atoms with E-state index in [1.165, 1.54) is 25.7 Å². The lowest BCUT2D eigenvalue weighted by Crippen LogP contribution is -2.65. The van der Waals surface area contributed by atoms with E-state index < -0.39 is 17.7 Å². The summed E-state index contributed by atoms with van der Waals surface area (Å²) in [6, 6.07) is 26.9. The molecular formula is C44H55N5O5. The number of phenols is 1. The molecule has 3 aromatic carbocycles. The topological polar surface area (TPSA) is 114 Å². The number of piperazine rings is 2. The molecule has 2 N–H and O–H groups in total. The smallest absolute Gasteiger partial charge is 0.312 e. The van der Waals surface area contributed by atoms with Crippen LogP contribution in [0.3, 0.4) is 0 Å². The van der Waals surface area contributed by atoms with E-state index in [0.29, 0.717) is 57.9 Å². The molecule has 4 fully saturated rings. The van der Waals surface area contributed by atoms with Gasteiger partial charge in [-0.25, -0.2) is 0 Å². The van der Waals surface area contributed by atoms with Gasteiger partial charge < -0.3 is 25.1 Å². The monoisotopic (exact) mass is 733 g/mol. The number of rotatable bonds is 13. The fraction of sp³-hybridized carbons (Fsp3) is 0.500. The lowest BCUT2D eigenvalue weighted by Gasteiger charge is -2.46. The van der Waals surface area contributed by atoms with Crippen molar-refractivity contribution in [1.29, 1.82) is 0 Å². The quantitative estimate of drug-likeness (QED) is 0.197. The summed E-state index contributed by atoms with van der Waals surface area (Å²) in [4.78, 5) is 62.6. The van der Waals surface area contributed by atoms with Crippen LogP contribution in [0.2, 0.25) is 0 Å². The standard InChI is InChI=1S/C44H55N5O5/c50-40-21-19-34(20-22-40)24-37-27-45-41(51)42(52)48(37)30-36-18-11-23-46(36)29-38(25-32-12-7-3-8-13-32)49-31-39(26-33-14-9-4-10-15-33)47(43(53)44(49)54)28-35-16-5-1-2-6-17-35/h3-4,7-10,12-15,19-22,35-39,50H,1-2,5-6,11,16-18,23-31H2,(H,45,51)/t36-,37-,38-,39-/m0/s1. The van der Waals surface area contributed by atoms with Crippen molar-refractivity contribution in [3.63, 3.8) is 0 Å². The fourth-order valence-corrected chi connectivity index (χ4v) is 9.26. The van der Waals surface area contributed by atoms with E-state index >= 15 is 0 Å². The first kappa shape index (κ1) is 37.6. The molecule has 10 nitrogen and oxygen atoms in total. The maximum absolute atomic E-state index is 14.4. The molecule has 0 unspecified atom stereocenters. The number of likely N-dealkylation sites (tertiary alicyclic amines) is 1. The second kappa shape index (κ2) is 17.6. The highest BCUT2D eigenvalue weighted by atomic mass is 16.3. The van der Waals surface area contributed by atoms with Crippen LogP contribution in [0.4, 0.5) is 0 Å². The molecule has 0 spiro atoms. The zero-order valence-electron chi connectivity index (χ0n) is 31.4. The Labute approximate surface area is 319 Å². The Bertz CT molecular complexity index is 1730. The van der Waals surface area contributed by atoms with Gasteiger partial charge >= 0.3 is 23.6 Å². The highest BCUT2D eigenvalue weighted by Gasteiger charge is 2.44. The van der Waals surface area contributed by atoms with Gasteiger partial charge in [0, 0.05) is 44.8 Å². The zero-order chi connectivity index (χ0) is 37.4. The summed E-state index contributed by atoms with van der Waals surface area (Å²) in [6.07, 6.45) is 10.7. The van der Waals surface area contributed by atoms with Crippen molar-refractivity contribution >= 4 is 23.6 Å². The number of amides is 4. The van der Waals surface area contributed by atoms with Crippen molar-refractivity contribution in [1.82, 2.24) is 24.9 Å². The van der Waals surface area contributed by atoms with Gasteiger partial charge in [0.05, 0.1) is 12.1 Å². The lowest BCUT2D eigenvalue weighted by molar-refractivity contribution is -0.162. The molecule has 7 rings (SSSR count). The average Bonchev–Trinajstić information content (AvgIpc) is 3.45. The van der Waals surface area contributed by atoms with Gasteiger partial charge in [-0.15, -0.1) is 0 Å². The summed E-state index contributed by atoms with van der Waals surface area (Å²) in [5.74, 6) is -1.31. The maximum atomic E-state index is 14.4. The number of hydrogen-bond donors (Lipinski definition) is 2. The minimum atomic E-state index is -0.584. The van der Waals surface area contributed by atoms with Crippen molar-refractivity contribution in [3.8, 4) is 5.75 Å². The first-order chi connectivity index (χ1) is 26.3. The second-order valence-corrected chi connectivity index (χ2v) is 15.9. The van der Waals surface area contributed by atoms with Gasteiger partial charge in [-0.05, 0) is 86.2 Å². The Morgan fingerprint density at radius 3 is 1.96 bits per heavy atom. The molecule has 0 bridgehead atoms. The molecule has 0 radical (unpaired) electrons. The van der Waals surface area contributed by atoms with E-state index in [9.17, 15) is 24.3 Å². The number of nitrogens with zero attached hydrogens (tertiary/aromatic N) is 4. The number of carbonyl (C=O) groups is 4. The van der Waals surface area contributed by atoms with Crippen LogP contribution in [-0.2, 0) is 38.4 Å². The number of phenolic OH excluding ortho intramolecular Hbond substituents is 1. The highest BCUT2D eigenvalue weighted by molar-refractivity contribution is 6.36. The Kier molecular flexibility index (Phi) is 12.3. The van der Waals surface area contributed by atoms with Crippen LogP contribution in [0.5, 0.6) is 5.75 Å². The lowest BCUT2D eigenvalue weighted by atomic mass is 9.94. The van der Waals surface area contributed by atoms with E-state index in [1.54, 1.807) is 17.0 Å². The molecule has 3 aromatic rings. The van der Waals surface area contributed by atoms with Gasteiger partial charge in [-0.3, -0.25) is 24.1 Å². The molecule has 10 heteroatoms. The minimum Gasteiger partial charge on any atom is -0.508 e. The van der Waals surface area contributed by atoms with Gasteiger partial charge in [-0.2, -0.15) is 0 Å². The highest BCUT2D eigenvalue weighted by Crippen LogP contribution is 2.29. The van der Waals surface area contributed by atoms with E-state index in [2.05, 4.69) is 34.5 Å². The van der Waals surface area contributed by atoms with Crippen LogP contribution in [0.25, 0.3) is 0 Å². The van der Waals surface area contributed by atoms with Crippen LogP contribution in [0.15, 0.2) is 84.9 Å². The normalized spacial score (nSPS) is 23.8. The number of benzene rings is 3. The van der Waals surface area contributed by atoms with Crippen LogP contribution in [-0.4, -0.2) is 112 Å². The number of nitrogens with one attached hydrogen (secondary N) is 1. The molecule has 286 valence electrons. The number of carbonyl (C=O) groups excluding carboxylic acids is 4. The summed E-state index contributed by atoms with van der Waals surface area (Å²) < 4.78 is 0. The third kappa shape index (κ3) is 9.14. The Morgan fingerprint density at radius 2 is 1.26 bits per heavy atom. The SMILES string of the molecule is O=C1NC[C@H](Cc2ccc(O)cc2)N(C[C@@H]2CCCN2C[C@H](Cc2ccccc2)N2C[C@H](Cc3ccccc3)N(CC3CCCCCC3)C(=O)C2=O)C1=O. The molecule has 4 aliphatic rings. The third-order valence-corrected chi connectivity index (χ3v) is 12.2. The average molecular weight is 734 g/mol. The molecule has 3 aliphatic heterocycles. The van der Waals surface area contributed by atoms with Gasteiger partial charge in [0.2, 0.25) is 0 Å². The van der Waals surface area contributed by atoms with Gasteiger partial charge in [-0.1, -0.05) is 98.5 Å². The van der Waals surface area contributed by atoms with Crippen LogP contribution in [0.1, 0.15) is 68.1 Å². The van der Waals surface area contributed by atoms with Gasteiger partial charge in [0.25, 0.3) is 0 Å². The van der Waals surface area contributed by atoms with Crippen LogP contribution < -0.4 is 5.32 Å². The van der Waals surface area contributed by atoms with E-state index in [1.807, 2.05) is 58.3 Å². The molecule has 4 atom stereocenters. The summed E-state index contributed by atoms with van der Waals surface area (Å²) in [7, 11) is 0. The van der Waals surface area contributed by atoms with E-state index in [0.717, 1.165) is 48.9 Å². The molecule has 0 aromatic heterocycles. The zero-order valence-corrected chi connectivity index (χ0v) is 31.4. The van der Waals surface area contributed by atoms with Crippen molar-refractivity contribution < 1.29 is 24.3 Å². The van der Waals surface area contributed by atoms with Gasteiger partial charge in [0.1, 0.15) is 5.75 Å². The van der Waals surface area contributed by atoms with Crippen LogP contribution >= 0.6 is 0 Å². The first-order valence-electron chi connectivity index (χ1n) is 20.1. The Hall–Kier alpha value is -4.70.